The van der Waals surface area contributed by atoms with Crippen molar-refractivity contribution >= 4 is 5.91 Å². The highest BCUT2D eigenvalue weighted by Gasteiger charge is 2.40. The number of carbonyl (C=O) groups is 1. The van der Waals surface area contributed by atoms with Crippen molar-refractivity contribution in [1.29, 1.82) is 0 Å². The lowest BCUT2D eigenvalue weighted by Crippen LogP contribution is -2.43. The van der Waals surface area contributed by atoms with E-state index in [9.17, 15) is 9.18 Å². The molecule has 5 nitrogen and oxygen atoms in total. The minimum absolute atomic E-state index is 0.0361. The van der Waals surface area contributed by atoms with Crippen LogP contribution in [0, 0.1) is 23.6 Å². The van der Waals surface area contributed by atoms with Gasteiger partial charge in [-0.1, -0.05) is 12.2 Å². The standard InChI is InChI=1S/C18H22FN3O2/c19-13-9-20-18(21-10-13)24-15-5-3-14(4-6-15)22-17(23)16-8-11-1-2-12(16)7-11/h1-2,9-12,14-16H,3-8H2,(H,22,23). The molecule has 24 heavy (non-hydrogen) atoms. The molecule has 0 aliphatic heterocycles. The molecule has 1 amide bonds. The average molecular weight is 331 g/mol. The number of halogens is 1. The number of hydrogen-bond donors (Lipinski definition) is 1. The first kappa shape index (κ1) is 15.5. The second kappa shape index (κ2) is 6.49. The van der Waals surface area contributed by atoms with Crippen LogP contribution in [0.4, 0.5) is 4.39 Å². The lowest BCUT2D eigenvalue weighted by atomic mass is 9.90. The Bertz CT molecular complexity index is 626. The summed E-state index contributed by atoms with van der Waals surface area (Å²) >= 11 is 0. The van der Waals surface area contributed by atoms with Gasteiger partial charge in [0, 0.05) is 12.0 Å². The Morgan fingerprint density at radius 1 is 1.12 bits per heavy atom. The number of allylic oxidation sites excluding steroid dienone is 2. The van der Waals surface area contributed by atoms with E-state index in [1.807, 2.05) is 0 Å². The first-order valence-electron chi connectivity index (χ1n) is 8.80. The fourth-order valence-electron chi connectivity index (χ4n) is 4.23. The Balaban J connectivity index is 1.23. The number of nitrogens with zero attached hydrogens (tertiary/aromatic N) is 2. The summed E-state index contributed by atoms with van der Waals surface area (Å²) < 4.78 is 18.5. The van der Waals surface area contributed by atoms with Crippen LogP contribution in [0.5, 0.6) is 6.01 Å². The molecule has 128 valence electrons. The number of carbonyl (C=O) groups excluding carboxylic acids is 1. The van der Waals surface area contributed by atoms with E-state index < -0.39 is 5.82 Å². The van der Waals surface area contributed by atoms with Crippen LogP contribution < -0.4 is 10.1 Å². The maximum atomic E-state index is 12.8. The lowest BCUT2D eigenvalue weighted by Gasteiger charge is -2.30. The average Bonchev–Trinajstić information content (AvgIpc) is 3.22. The second-order valence-electron chi connectivity index (χ2n) is 7.17. The summed E-state index contributed by atoms with van der Waals surface area (Å²) in [6, 6.07) is 0.451. The molecule has 1 aromatic rings. The van der Waals surface area contributed by atoms with Gasteiger partial charge >= 0.3 is 6.01 Å². The third-order valence-corrected chi connectivity index (χ3v) is 5.50. The van der Waals surface area contributed by atoms with Crippen LogP contribution in [-0.4, -0.2) is 28.0 Å². The van der Waals surface area contributed by atoms with E-state index in [4.69, 9.17) is 4.74 Å². The molecule has 4 rings (SSSR count). The Morgan fingerprint density at radius 2 is 1.88 bits per heavy atom. The van der Waals surface area contributed by atoms with Crippen LogP contribution in [0.1, 0.15) is 38.5 Å². The van der Waals surface area contributed by atoms with Crippen molar-refractivity contribution in [3.05, 3.63) is 30.4 Å². The zero-order chi connectivity index (χ0) is 16.5. The van der Waals surface area contributed by atoms with E-state index in [-0.39, 0.29) is 30.0 Å². The van der Waals surface area contributed by atoms with Crippen molar-refractivity contribution in [2.45, 2.75) is 50.7 Å². The van der Waals surface area contributed by atoms with E-state index in [1.54, 1.807) is 0 Å². The molecule has 2 saturated carbocycles. The first-order chi connectivity index (χ1) is 11.7. The van der Waals surface area contributed by atoms with E-state index in [0.29, 0.717) is 11.8 Å². The number of ether oxygens (including phenoxy) is 1. The molecular formula is C18H22FN3O2. The van der Waals surface area contributed by atoms with Crippen LogP contribution in [0.25, 0.3) is 0 Å². The van der Waals surface area contributed by atoms with Crippen molar-refractivity contribution in [2.75, 3.05) is 0 Å². The van der Waals surface area contributed by atoms with Gasteiger partial charge in [-0.3, -0.25) is 4.79 Å². The highest BCUT2D eigenvalue weighted by Crippen LogP contribution is 2.43. The van der Waals surface area contributed by atoms with Crippen molar-refractivity contribution in [2.24, 2.45) is 17.8 Å². The van der Waals surface area contributed by atoms with Gasteiger partial charge in [-0.2, -0.15) is 0 Å². The number of fused-ring (bicyclic) bond motifs is 2. The highest BCUT2D eigenvalue weighted by molar-refractivity contribution is 5.80. The van der Waals surface area contributed by atoms with Gasteiger partial charge in [-0.25, -0.2) is 14.4 Å². The van der Waals surface area contributed by atoms with E-state index >= 15 is 0 Å². The largest absolute Gasteiger partial charge is 0.460 e. The number of aromatic nitrogens is 2. The molecule has 2 bridgehead atoms. The Labute approximate surface area is 140 Å². The molecular weight excluding hydrogens is 309 g/mol. The third-order valence-electron chi connectivity index (χ3n) is 5.50. The zero-order valence-electron chi connectivity index (χ0n) is 13.5. The molecule has 3 aliphatic rings. The van der Waals surface area contributed by atoms with Gasteiger partial charge in [0.15, 0.2) is 5.82 Å². The quantitative estimate of drug-likeness (QED) is 0.862. The van der Waals surface area contributed by atoms with Gasteiger partial charge in [0.1, 0.15) is 6.10 Å². The molecule has 1 N–H and O–H groups in total. The van der Waals surface area contributed by atoms with Crippen molar-refractivity contribution < 1.29 is 13.9 Å². The normalized spacial score (nSPS) is 34.3. The fraction of sp³-hybridized carbons (Fsp3) is 0.611. The topological polar surface area (TPSA) is 64.1 Å². The van der Waals surface area contributed by atoms with Crippen molar-refractivity contribution in [3.8, 4) is 6.01 Å². The number of nitrogens with one attached hydrogen (secondary N) is 1. The predicted molar refractivity (Wildman–Crippen MR) is 85.6 cm³/mol. The van der Waals surface area contributed by atoms with Crippen LogP contribution in [0.2, 0.25) is 0 Å². The minimum Gasteiger partial charge on any atom is -0.460 e. The van der Waals surface area contributed by atoms with Gasteiger partial charge in [0.25, 0.3) is 0 Å². The number of rotatable bonds is 4. The maximum absolute atomic E-state index is 12.8. The van der Waals surface area contributed by atoms with Gasteiger partial charge in [-0.05, 0) is 50.4 Å². The predicted octanol–water partition coefficient (Wildman–Crippen LogP) is 2.63. The molecule has 3 aliphatic carbocycles. The summed E-state index contributed by atoms with van der Waals surface area (Å²) in [4.78, 5) is 20.1. The first-order valence-corrected chi connectivity index (χ1v) is 8.80. The molecule has 6 heteroatoms. The van der Waals surface area contributed by atoms with Gasteiger partial charge in [0.2, 0.25) is 5.91 Å². The second-order valence-corrected chi connectivity index (χ2v) is 7.17. The van der Waals surface area contributed by atoms with Crippen LogP contribution in [-0.2, 0) is 4.79 Å². The Kier molecular flexibility index (Phi) is 4.21. The van der Waals surface area contributed by atoms with Crippen molar-refractivity contribution in [1.82, 2.24) is 15.3 Å². The number of hydrogen-bond acceptors (Lipinski definition) is 4. The number of amides is 1. The van der Waals surface area contributed by atoms with E-state index in [1.165, 1.54) is 0 Å². The Morgan fingerprint density at radius 3 is 2.50 bits per heavy atom. The summed E-state index contributed by atoms with van der Waals surface area (Å²) in [5, 5.41) is 3.23. The summed E-state index contributed by atoms with van der Waals surface area (Å²) in [7, 11) is 0. The van der Waals surface area contributed by atoms with Crippen molar-refractivity contribution in [3.63, 3.8) is 0 Å². The molecule has 3 unspecified atom stereocenters. The smallest absolute Gasteiger partial charge is 0.316 e. The molecule has 2 fully saturated rings. The summed E-state index contributed by atoms with van der Waals surface area (Å²) in [5.41, 5.74) is 0. The highest BCUT2D eigenvalue weighted by atomic mass is 19.1. The fourth-order valence-corrected chi connectivity index (χ4v) is 4.23. The minimum atomic E-state index is -0.468. The third kappa shape index (κ3) is 3.28. The van der Waals surface area contributed by atoms with Gasteiger partial charge in [-0.15, -0.1) is 0 Å². The van der Waals surface area contributed by atoms with E-state index in [2.05, 4.69) is 27.4 Å². The molecule has 1 aromatic heterocycles. The monoisotopic (exact) mass is 331 g/mol. The van der Waals surface area contributed by atoms with Gasteiger partial charge < -0.3 is 10.1 Å². The molecule has 0 aromatic carbocycles. The molecule has 3 atom stereocenters. The Hall–Kier alpha value is -1.98. The van der Waals surface area contributed by atoms with Crippen LogP contribution in [0.3, 0.4) is 0 Å². The van der Waals surface area contributed by atoms with Gasteiger partial charge in [0.05, 0.1) is 12.4 Å². The molecule has 0 saturated heterocycles. The molecule has 0 radical (unpaired) electrons. The van der Waals surface area contributed by atoms with Crippen LogP contribution in [0.15, 0.2) is 24.5 Å². The molecule has 0 spiro atoms. The lowest BCUT2D eigenvalue weighted by molar-refractivity contribution is -0.126. The summed E-state index contributed by atoms with van der Waals surface area (Å²) in [6.45, 7) is 0. The maximum Gasteiger partial charge on any atom is 0.316 e. The molecule has 1 heterocycles. The van der Waals surface area contributed by atoms with Crippen LogP contribution >= 0.6 is 0 Å². The summed E-state index contributed by atoms with van der Waals surface area (Å²) in [5.74, 6) is 0.986. The zero-order valence-corrected chi connectivity index (χ0v) is 13.5. The SMILES string of the molecule is O=C(NC1CCC(Oc2ncc(F)cn2)CC1)C1CC2C=CC1C2. The summed E-state index contributed by atoms with van der Waals surface area (Å²) in [6.07, 6.45) is 12.4. The van der Waals surface area contributed by atoms with E-state index in [0.717, 1.165) is 50.9 Å².